The summed E-state index contributed by atoms with van der Waals surface area (Å²) in [7, 11) is 0. The summed E-state index contributed by atoms with van der Waals surface area (Å²) in [5.74, 6) is 0.547. The molecule has 0 amide bonds. The van der Waals surface area contributed by atoms with Gasteiger partial charge in [-0.2, -0.15) is 0 Å². The van der Waals surface area contributed by atoms with Gasteiger partial charge < -0.3 is 4.74 Å². The number of piperidine rings is 1. The second-order valence-corrected chi connectivity index (χ2v) is 5.43. The van der Waals surface area contributed by atoms with Crippen LogP contribution in [0.15, 0.2) is 30.3 Å². The van der Waals surface area contributed by atoms with Crippen LogP contribution in [-0.2, 0) is 16.1 Å². The number of carbonyl (C=O) groups is 1. The molecular weight excluding hydrogens is 262 g/mol. The molecule has 104 valence electrons. The van der Waals surface area contributed by atoms with Crippen molar-refractivity contribution in [1.29, 1.82) is 0 Å². The minimum Gasteiger partial charge on any atom is -0.466 e. The van der Waals surface area contributed by atoms with E-state index in [0.29, 0.717) is 12.5 Å². The fraction of sp³-hybridized carbons (Fsp3) is 0.533. The lowest BCUT2D eigenvalue weighted by Crippen LogP contribution is -2.29. The predicted octanol–water partition coefficient (Wildman–Crippen LogP) is 2.49. The van der Waals surface area contributed by atoms with Gasteiger partial charge in [-0.3, -0.25) is 9.69 Å². The normalized spacial score (nSPS) is 28.4. The molecule has 0 aromatic heterocycles. The largest absolute Gasteiger partial charge is 0.466 e. The third-order valence-electron chi connectivity index (χ3n) is 4.15. The lowest BCUT2D eigenvalue weighted by molar-refractivity contribution is -0.149. The molecule has 2 fully saturated rings. The first kappa shape index (κ1) is 14.4. The van der Waals surface area contributed by atoms with Crippen molar-refractivity contribution >= 4 is 18.4 Å². The minimum atomic E-state index is -0.162. The van der Waals surface area contributed by atoms with Crippen LogP contribution in [0.4, 0.5) is 0 Å². The van der Waals surface area contributed by atoms with E-state index in [0.717, 1.165) is 26.1 Å². The summed E-state index contributed by atoms with van der Waals surface area (Å²) >= 11 is 0. The number of nitrogens with zero attached hydrogens (tertiary/aromatic N) is 1. The Morgan fingerprint density at radius 3 is 2.84 bits per heavy atom. The van der Waals surface area contributed by atoms with Crippen LogP contribution >= 0.6 is 12.4 Å². The van der Waals surface area contributed by atoms with Crippen molar-refractivity contribution in [2.45, 2.75) is 19.9 Å². The molecular formula is C15H20ClNO2. The molecule has 0 radical (unpaired) electrons. The Hall–Kier alpha value is -1.06. The molecule has 1 saturated heterocycles. The van der Waals surface area contributed by atoms with Crippen molar-refractivity contribution < 1.29 is 9.53 Å². The number of halogens is 1. The number of rotatable bonds is 4. The molecule has 0 N–H and O–H groups in total. The van der Waals surface area contributed by atoms with Crippen LogP contribution in [-0.4, -0.2) is 30.6 Å². The van der Waals surface area contributed by atoms with Gasteiger partial charge in [-0.15, -0.1) is 12.4 Å². The SMILES string of the molecule is CCOC(=O)[C@]12C[C@H]1CN(Cc1ccccc1)C2.Cl. The Labute approximate surface area is 120 Å². The van der Waals surface area contributed by atoms with Crippen molar-refractivity contribution in [3.8, 4) is 0 Å². The molecule has 1 aromatic rings. The number of likely N-dealkylation sites (tertiary alicyclic amines) is 1. The highest BCUT2D eigenvalue weighted by molar-refractivity contribution is 5.85. The molecule has 3 nitrogen and oxygen atoms in total. The van der Waals surface area contributed by atoms with E-state index < -0.39 is 0 Å². The van der Waals surface area contributed by atoms with E-state index in [9.17, 15) is 4.79 Å². The number of benzene rings is 1. The fourth-order valence-electron chi connectivity index (χ4n) is 3.14. The van der Waals surface area contributed by atoms with Crippen LogP contribution in [0.1, 0.15) is 18.9 Å². The smallest absolute Gasteiger partial charge is 0.313 e. The fourth-order valence-corrected chi connectivity index (χ4v) is 3.14. The third-order valence-corrected chi connectivity index (χ3v) is 4.15. The summed E-state index contributed by atoms with van der Waals surface area (Å²) in [4.78, 5) is 14.3. The second-order valence-electron chi connectivity index (χ2n) is 5.43. The highest BCUT2D eigenvalue weighted by Gasteiger charge is 2.65. The van der Waals surface area contributed by atoms with Crippen LogP contribution in [0.25, 0.3) is 0 Å². The Morgan fingerprint density at radius 2 is 2.16 bits per heavy atom. The van der Waals surface area contributed by atoms with Gasteiger partial charge in [0, 0.05) is 19.6 Å². The Bertz CT molecular complexity index is 451. The van der Waals surface area contributed by atoms with Gasteiger partial charge in [0.05, 0.1) is 12.0 Å². The standard InChI is InChI=1S/C15H19NO2.ClH/c1-2-18-14(17)15-8-13(15)10-16(11-15)9-12-6-4-3-5-7-12;/h3-7,13H,2,8-11H2,1H3;1H/t13-,15-;/m0./s1. The molecule has 1 aromatic carbocycles. The summed E-state index contributed by atoms with van der Waals surface area (Å²) in [5.41, 5.74) is 1.16. The molecule has 1 saturated carbocycles. The van der Waals surface area contributed by atoms with Gasteiger partial charge in [0.1, 0.15) is 0 Å². The van der Waals surface area contributed by atoms with Crippen molar-refractivity contribution in [3.05, 3.63) is 35.9 Å². The monoisotopic (exact) mass is 281 g/mol. The molecule has 2 atom stereocenters. The summed E-state index contributed by atoms with van der Waals surface area (Å²) < 4.78 is 5.20. The van der Waals surface area contributed by atoms with E-state index in [1.807, 2.05) is 13.0 Å². The molecule has 3 rings (SSSR count). The topological polar surface area (TPSA) is 29.5 Å². The van der Waals surface area contributed by atoms with Crippen LogP contribution in [0, 0.1) is 11.3 Å². The van der Waals surface area contributed by atoms with Gasteiger partial charge in [0.15, 0.2) is 0 Å². The first-order valence-corrected chi connectivity index (χ1v) is 6.68. The van der Waals surface area contributed by atoms with Crippen molar-refractivity contribution in [2.75, 3.05) is 19.7 Å². The maximum atomic E-state index is 12.0. The van der Waals surface area contributed by atoms with Gasteiger partial charge in [0.25, 0.3) is 0 Å². The van der Waals surface area contributed by atoms with Crippen LogP contribution in [0.2, 0.25) is 0 Å². The first-order valence-electron chi connectivity index (χ1n) is 6.68. The quantitative estimate of drug-likeness (QED) is 0.794. The van der Waals surface area contributed by atoms with Gasteiger partial charge in [0.2, 0.25) is 0 Å². The molecule has 1 aliphatic carbocycles. The molecule has 1 heterocycles. The molecule has 0 spiro atoms. The summed E-state index contributed by atoms with van der Waals surface area (Å²) in [6.45, 7) is 5.21. The number of fused-ring (bicyclic) bond motifs is 1. The first-order chi connectivity index (χ1) is 8.74. The lowest BCUT2D eigenvalue weighted by Gasteiger charge is -2.19. The maximum Gasteiger partial charge on any atom is 0.313 e. The van der Waals surface area contributed by atoms with Crippen LogP contribution in [0.5, 0.6) is 0 Å². The number of carbonyl (C=O) groups excluding carboxylic acids is 1. The van der Waals surface area contributed by atoms with Crippen molar-refractivity contribution in [2.24, 2.45) is 11.3 Å². The average Bonchev–Trinajstić information content (AvgIpc) is 2.95. The lowest BCUT2D eigenvalue weighted by atomic mass is 10.1. The Morgan fingerprint density at radius 1 is 1.42 bits per heavy atom. The Balaban J connectivity index is 0.00000133. The Kier molecular flexibility index (Phi) is 4.16. The molecule has 1 aliphatic heterocycles. The summed E-state index contributed by atoms with van der Waals surface area (Å²) in [6, 6.07) is 10.4. The van der Waals surface area contributed by atoms with E-state index in [1.54, 1.807) is 0 Å². The number of esters is 1. The molecule has 0 unspecified atom stereocenters. The van der Waals surface area contributed by atoms with Crippen LogP contribution < -0.4 is 0 Å². The third kappa shape index (κ3) is 2.63. The predicted molar refractivity (Wildman–Crippen MR) is 76.1 cm³/mol. The number of hydrogen-bond donors (Lipinski definition) is 0. The number of hydrogen-bond acceptors (Lipinski definition) is 3. The zero-order valence-corrected chi connectivity index (χ0v) is 12.0. The molecule has 19 heavy (non-hydrogen) atoms. The van der Waals surface area contributed by atoms with Crippen molar-refractivity contribution in [1.82, 2.24) is 4.90 Å². The van der Waals surface area contributed by atoms with Gasteiger partial charge >= 0.3 is 5.97 Å². The van der Waals surface area contributed by atoms with E-state index in [-0.39, 0.29) is 23.8 Å². The minimum absolute atomic E-state index is 0. The van der Waals surface area contributed by atoms with Crippen molar-refractivity contribution in [3.63, 3.8) is 0 Å². The zero-order chi connectivity index (χ0) is 12.6. The van der Waals surface area contributed by atoms with Crippen LogP contribution in [0.3, 0.4) is 0 Å². The van der Waals surface area contributed by atoms with Gasteiger partial charge in [-0.25, -0.2) is 0 Å². The second kappa shape index (κ2) is 5.51. The van der Waals surface area contributed by atoms with E-state index in [1.165, 1.54) is 5.56 Å². The zero-order valence-electron chi connectivity index (χ0n) is 11.2. The highest BCUT2D eigenvalue weighted by atomic mass is 35.5. The molecule has 2 aliphatic rings. The maximum absolute atomic E-state index is 12.0. The number of ether oxygens (including phenoxy) is 1. The van der Waals surface area contributed by atoms with Gasteiger partial charge in [-0.1, -0.05) is 30.3 Å². The van der Waals surface area contributed by atoms with Gasteiger partial charge in [-0.05, 0) is 24.8 Å². The molecule has 0 bridgehead atoms. The van der Waals surface area contributed by atoms with E-state index in [2.05, 4.69) is 29.2 Å². The highest BCUT2D eigenvalue weighted by Crippen LogP contribution is 2.58. The molecule has 4 heteroatoms. The summed E-state index contributed by atoms with van der Waals surface area (Å²) in [6.07, 6.45) is 1.02. The average molecular weight is 282 g/mol. The summed E-state index contributed by atoms with van der Waals surface area (Å²) in [5, 5.41) is 0. The van der Waals surface area contributed by atoms with E-state index >= 15 is 0 Å². The van der Waals surface area contributed by atoms with E-state index in [4.69, 9.17) is 4.74 Å².